The number of fused-ring (bicyclic) bond motifs is 1. The molecule has 2 aliphatic rings. The quantitative estimate of drug-likeness (QED) is 0.726. The van der Waals surface area contributed by atoms with Gasteiger partial charge in [0, 0.05) is 28.1 Å². The summed E-state index contributed by atoms with van der Waals surface area (Å²) >= 11 is 3.43. The lowest BCUT2D eigenvalue weighted by Gasteiger charge is -2.33. The third-order valence-corrected chi connectivity index (χ3v) is 6.30. The molecule has 0 unspecified atom stereocenters. The van der Waals surface area contributed by atoms with Gasteiger partial charge >= 0.3 is 0 Å². The van der Waals surface area contributed by atoms with Gasteiger partial charge in [0.25, 0.3) is 5.91 Å². The molecule has 0 bridgehead atoms. The molecule has 0 atom stereocenters. The van der Waals surface area contributed by atoms with E-state index in [1.54, 1.807) is 17.2 Å². The number of carbonyl (C=O) groups is 1. The smallest absolute Gasteiger partial charge is 0.255 e. The molecule has 7 heteroatoms. The summed E-state index contributed by atoms with van der Waals surface area (Å²) in [5, 5.41) is -0.555. The van der Waals surface area contributed by atoms with Gasteiger partial charge in [-0.2, -0.15) is 0 Å². The van der Waals surface area contributed by atoms with Gasteiger partial charge in [0.1, 0.15) is 21.5 Å². The third kappa shape index (κ3) is 2.81. The lowest BCUT2D eigenvalue weighted by Crippen LogP contribution is -2.45. The molecule has 1 saturated carbocycles. The predicted octanol–water partition coefficient (Wildman–Crippen LogP) is 2.67. The van der Waals surface area contributed by atoms with Crippen LogP contribution >= 0.6 is 15.9 Å². The van der Waals surface area contributed by atoms with E-state index in [1.807, 2.05) is 27.8 Å². The lowest BCUT2D eigenvalue weighted by molar-refractivity contribution is 0.0729. The highest BCUT2D eigenvalue weighted by Crippen LogP contribution is 2.40. The summed E-state index contributed by atoms with van der Waals surface area (Å²) in [7, 11) is 3.96. The second kappa shape index (κ2) is 6.52. The van der Waals surface area contributed by atoms with Crippen LogP contribution in [0.4, 0.5) is 4.39 Å². The molecule has 2 heterocycles. The summed E-state index contributed by atoms with van der Waals surface area (Å²) in [6, 6.07) is 7.13. The van der Waals surface area contributed by atoms with Gasteiger partial charge in [0.05, 0.1) is 11.3 Å². The maximum absolute atomic E-state index is 14.9. The molecule has 1 aliphatic heterocycles. The molecular weight excluding hydrogens is 393 g/mol. The van der Waals surface area contributed by atoms with E-state index < -0.39 is 5.34 Å². The van der Waals surface area contributed by atoms with Crippen molar-refractivity contribution in [3.05, 3.63) is 63.1 Å². The van der Waals surface area contributed by atoms with Gasteiger partial charge in [-0.15, -0.1) is 0 Å². The van der Waals surface area contributed by atoms with E-state index in [2.05, 4.69) is 20.9 Å². The Balaban J connectivity index is 1.75. The molecule has 1 aromatic carbocycles. The zero-order valence-corrected chi connectivity index (χ0v) is 16.6. The third-order valence-electron chi connectivity index (χ3n) is 5.84. The van der Waals surface area contributed by atoms with Crippen molar-refractivity contribution >= 4 is 37.5 Å². The number of benzene rings is 1. The summed E-state index contributed by atoms with van der Waals surface area (Å²) in [6.45, 7) is 0.271. The molecular formula is C19H20B2BrFN2O. The number of carbonyl (C=O) groups excluding carboxylic acids is 1. The van der Waals surface area contributed by atoms with Gasteiger partial charge < -0.3 is 4.90 Å². The number of nitrogens with zero attached hydrogens (tertiary/aromatic N) is 2. The van der Waals surface area contributed by atoms with Gasteiger partial charge in [-0.05, 0) is 48.6 Å². The standard InChI is InChI=1S/C19H20B2BrFN2O/c20-19(21)17-13(6-3-7-24-17)18(26)25(19)10-15-14(11-4-1-2-5-11)8-12(22)9-16(15)23/h3,6-9,11H,1-2,4-5,10,20-21H2. The Morgan fingerprint density at radius 2 is 2.04 bits per heavy atom. The second-order valence-corrected chi connectivity index (χ2v) is 8.70. The minimum atomic E-state index is -0.555. The first-order valence-electron chi connectivity index (χ1n) is 9.15. The fourth-order valence-corrected chi connectivity index (χ4v) is 4.86. The van der Waals surface area contributed by atoms with Crippen molar-refractivity contribution in [3.63, 3.8) is 0 Å². The van der Waals surface area contributed by atoms with Crippen molar-refractivity contribution in [2.24, 2.45) is 0 Å². The number of pyridine rings is 1. The van der Waals surface area contributed by atoms with Crippen LogP contribution < -0.4 is 0 Å². The summed E-state index contributed by atoms with van der Waals surface area (Å²) < 4.78 is 15.7. The second-order valence-electron chi connectivity index (χ2n) is 7.79. The van der Waals surface area contributed by atoms with Crippen LogP contribution in [0.2, 0.25) is 0 Å². The van der Waals surface area contributed by atoms with Crippen LogP contribution in [0.5, 0.6) is 0 Å². The van der Waals surface area contributed by atoms with E-state index in [0.717, 1.165) is 28.6 Å². The number of amides is 1. The normalized spacial score (nSPS) is 19.2. The maximum Gasteiger partial charge on any atom is 0.255 e. The molecule has 0 spiro atoms. The van der Waals surface area contributed by atoms with Gasteiger partial charge in [0.2, 0.25) is 0 Å². The number of halogens is 2. The van der Waals surface area contributed by atoms with Crippen LogP contribution in [-0.4, -0.2) is 31.5 Å². The number of aromatic nitrogens is 1. The molecule has 3 nitrogen and oxygen atoms in total. The van der Waals surface area contributed by atoms with E-state index in [-0.39, 0.29) is 18.3 Å². The summed E-state index contributed by atoms with van der Waals surface area (Å²) in [4.78, 5) is 19.2. The van der Waals surface area contributed by atoms with Gasteiger partial charge in [-0.3, -0.25) is 9.78 Å². The average Bonchev–Trinajstić information content (AvgIpc) is 3.19. The molecule has 132 valence electrons. The first-order chi connectivity index (χ1) is 12.4. The fraction of sp³-hybridized carbons (Fsp3) is 0.368. The molecule has 0 saturated heterocycles. The van der Waals surface area contributed by atoms with Gasteiger partial charge in [-0.1, -0.05) is 28.8 Å². The van der Waals surface area contributed by atoms with Crippen molar-refractivity contribution in [2.75, 3.05) is 0 Å². The van der Waals surface area contributed by atoms with Crippen molar-refractivity contribution < 1.29 is 9.18 Å². The zero-order valence-electron chi connectivity index (χ0n) is 15.1. The first-order valence-corrected chi connectivity index (χ1v) is 9.94. The van der Waals surface area contributed by atoms with Crippen LogP contribution in [0.3, 0.4) is 0 Å². The van der Waals surface area contributed by atoms with E-state index in [0.29, 0.717) is 17.0 Å². The Labute approximate surface area is 163 Å². The van der Waals surface area contributed by atoms with Gasteiger partial charge in [0.15, 0.2) is 0 Å². The Bertz CT molecular complexity index is 884. The van der Waals surface area contributed by atoms with Crippen LogP contribution in [0.15, 0.2) is 34.9 Å². The topological polar surface area (TPSA) is 33.2 Å². The monoisotopic (exact) mass is 412 g/mol. The minimum Gasteiger partial charge on any atom is -0.339 e. The van der Waals surface area contributed by atoms with Gasteiger partial charge in [-0.25, -0.2) is 4.39 Å². The first kappa shape index (κ1) is 17.8. The molecule has 1 aliphatic carbocycles. The number of hydrogen-bond acceptors (Lipinski definition) is 2. The SMILES string of the molecule is BC1(B)c2ncccc2C(=O)N1Cc1c(F)cc(Br)cc1C1CCCC1. The van der Waals surface area contributed by atoms with Crippen molar-refractivity contribution in [1.82, 2.24) is 9.88 Å². The van der Waals surface area contributed by atoms with Crippen LogP contribution in [0, 0.1) is 5.82 Å². The van der Waals surface area contributed by atoms with Crippen LogP contribution in [-0.2, 0) is 11.9 Å². The number of hydrogen-bond donors (Lipinski definition) is 0. The largest absolute Gasteiger partial charge is 0.339 e. The minimum absolute atomic E-state index is 0.0715. The molecule has 1 fully saturated rings. The predicted molar refractivity (Wildman–Crippen MR) is 108 cm³/mol. The highest BCUT2D eigenvalue weighted by molar-refractivity contribution is 9.10. The van der Waals surface area contributed by atoms with Crippen LogP contribution in [0.25, 0.3) is 0 Å². The van der Waals surface area contributed by atoms with Crippen LogP contribution in [0.1, 0.15) is 58.8 Å². The molecule has 0 N–H and O–H groups in total. The molecule has 4 rings (SSSR count). The van der Waals surface area contributed by atoms with E-state index in [1.165, 1.54) is 18.9 Å². The maximum atomic E-state index is 14.9. The zero-order chi connectivity index (χ0) is 18.5. The highest BCUT2D eigenvalue weighted by Gasteiger charge is 2.44. The highest BCUT2D eigenvalue weighted by atomic mass is 79.9. The summed E-state index contributed by atoms with van der Waals surface area (Å²) in [5.74, 6) is 0.0601. The lowest BCUT2D eigenvalue weighted by atomic mass is 9.59. The molecule has 2 aromatic rings. The molecule has 26 heavy (non-hydrogen) atoms. The van der Waals surface area contributed by atoms with Crippen molar-refractivity contribution in [2.45, 2.75) is 43.5 Å². The molecule has 1 amide bonds. The Kier molecular flexibility index (Phi) is 4.46. The Morgan fingerprint density at radius 3 is 2.73 bits per heavy atom. The Hall–Kier alpha value is -1.62. The number of rotatable bonds is 3. The molecule has 1 aromatic heterocycles. The van der Waals surface area contributed by atoms with Crippen molar-refractivity contribution in [3.8, 4) is 0 Å². The van der Waals surface area contributed by atoms with E-state index in [9.17, 15) is 9.18 Å². The van der Waals surface area contributed by atoms with E-state index >= 15 is 0 Å². The van der Waals surface area contributed by atoms with E-state index in [4.69, 9.17) is 0 Å². The summed E-state index contributed by atoms with van der Waals surface area (Å²) in [6.07, 6.45) is 6.25. The van der Waals surface area contributed by atoms with Crippen molar-refractivity contribution in [1.29, 1.82) is 0 Å². The average molecular weight is 413 g/mol. The Morgan fingerprint density at radius 1 is 1.31 bits per heavy atom. The summed E-state index contributed by atoms with van der Waals surface area (Å²) in [5.41, 5.74) is 3.08. The molecule has 0 radical (unpaired) electrons. The fourth-order valence-electron chi connectivity index (χ4n) is 4.41.